The van der Waals surface area contributed by atoms with Crippen LogP contribution in [0.5, 0.6) is 0 Å². The van der Waals surface area contributed by atoms with Crippen molar-refractivity contribution in [2.75, 3.05) is 7.05 Å². The van der Waals surface area contributed by atoms with E-state index in [1.54, 1.807) is 6.33 Å². The quantitative estimate of drug-likeness (QED) is 0.896. The second-order valence-electron chi connectivity index (χ2n) is 7.40. The molecule has 118 valence electrons. The third kappa shape index (κ3) is 3.14. The van der Waals surface area contributed by atoms with E-state index in [1.807, 2.05) is 4.68 Å². The zero-order chi connectivity index (χ0) is 15.0. The summed E-state index contributed by atoms with van der Waals surface area (Å²) in [5, 5.41) is 4.35. The normalized spacial score (nSPS) is 31.0. The van der Waals surface area contributed by atoms with Crippen LogP contribution >= 0.6 is 0 Å². The Morgan fingerprint density at radius 3 is 2.57 bits per heavy atom. The van der Waals surface area contributed by atoms with Crippen molar-refractivity contribution in [1.82, 2.24) is 19.7 Å². The Balaban J connectivity index is 1.62. The van der Waals surface area contributed by atoms with E-state index in [1.165, 1.54) is 25.7 Å². The number of piperidine rings is 1. The van der Waals surface area contributed by atoms with Crippen LogP contribution in [0.15, 0.2) is 6.33 Å². The van der Waals surface area contributed by atoms with E-state index >= 15 is 0 Å². The van der Waals surface area contributed by atoms with E-state index in [4.69, 9.17) is 5.73 Å². The van der Waals surface area contributed by atoms with Crippen molar-refractivity contribution in [1.29, 1.82) is 0 Å². The summed E-state index contributed by atoms with van der Waals surface area (Å²) in [6.45, 7) is 5.35. The Morgan fingerprint density at radius 2 is 1.95 bits per heavy atom. The lowest BCUT2D eigenvalue weighted by Crippen LogP contribution is -2.46. The monoisotopic (exact) mass is 291 g/mol. The predicted octanol–water partition coefficient (Wildman–Crippen LogP) is 1.68. The predicted molar refractivity (Wildman–Crippen MR) is 83.8 cm³/mol. The first-order valence-electron chi connectivity index (χ1n) is 8.38. The highest BCUT2D eigenvalue weighted by Crippen LogP contribution is 2.38. The number of nitrogens with zero attached hydrogens (tertiary/aromatic N) is 4. The Hall–Kier alpha value is -0.940. The second-order valence-corrected chi connectivity index (χ2v) is 7.40. The maximum Gasteiger partial charge on any atom is 0.138 e. The van der Waals surface area contributed by atoms with Gasteiger partial charge in [-0.25, -0.2) is 9.67 Å². The first kappa shape index (κ1) is 15.0. The second kappa shape index (κ2) is 6.05. The van der Waals surface area contributed by atoms with Gasteiger partial charge >= 0.3 is 0 Å². The maximum absolute atomic E-state index is 6.54. The van der Waals surface area contributed by atoms with Crippen molar-refractivity contribution in [3.63, 3.8) is 0 Å². The van der Waals surface area contributed by atoms with Gasteiger partial charge in [-0.1, -0.05) is 13.8 Å². The van der Waals surface area contributed by atoms with Crippen molar-refractivity contribution < 1.29 is 0 Å². The number of hydrogen-bond acceptors (Lipinski definition) is 4. The molecule has 3 atom stereocenters. The lowest BCUT2D eigenvalue weighted by atomic mass is 9.84. The molecule has 0 aromatic carbocycles. The van der Waals surface area contributed by atoms with Crippen molar-refractivity contribution in [2.45, 2.75) is 70.6 Å². The molecule has 0 radical (unpaired) electrons. The summed E-state index contributed by atoms with van der Waals surface area (Å²) in [7, 11) is 2.28. The molecule has 2 N–H and O–H groups in total. The smallest absolute Gasteiger partial charge is 0.138 e. The third-order valence-corrected chi connectivity index (χ3v) is 5.39. The highest BCUT2D eigenvalue weighted by atomic mass is 15.3. The molecule has 1 aromatic rings. The van der Waals surface area contributed by atoms with Crippen LogP contribution in [0, 0.1) is 11.8 Å². The third-order valence-electron chi connectivity index (χ3n) is 5.39. The number of nitrogens with two attached hydrogens (primary N) is 1. The summed E-state index contributed by atoms with van der Waals surface area (Å²) >= 11 is 0. The highest BCUT2D eigenvalue weighted by Gasteiger charge is 2.40. The van der Waals surface area contributed by atoms with Gasteiger partial charge in [-0.3, -0.25) is 0 Å². The van der Waals surface area contributed by atoms with Crippen LogP contribution in [-0.4, -0.2) is 44.8 Å². The summed E-state index contributed by atoms with van der Waals surface area (Å²) in [5.74, 6) is 2.28. The lowest BCUT2D eigenvalue weighted by molar-refractivity contribution is 0.120. The van der Waals surface area contributed by atoms with Gasteiger partial charge in [-0.15, -0.1) is 0 Å². The Labute approximate surface area is 127 Å². The number of fused-ring (bicyclic) bond motifs is 2. The van der Waals surface area contributed by atoms with Crippen molar-refractivity contribution in [3.05, 3.63) is 12.2 Å². The van der Waals surface area contributed by atoms with Gasteiger partial charge in [-0.05, 0) is 44.6 Å². The summed E-state index contributed by atoms with van der Waals surface area (Å²) in [4.78, 5) is 7.01. The van der Waals surface area contributed by atoms with Crippen molar-refractivity contribution in [2.24, 2.45) is 17.6 Å². The van der Waals surface area contributed by atoms with Crippen molar-refractivity contribution >= 4 is 0 Å². The largest absolute Gasteiger partial charge is 0.327 e. The minimum atomic E-state index is 0.219. The van der Waals surface area contributed by atoms with Crippen LogP contribution in [-0.2, 0) is 13.0 Å². The van der Waals surface area contributed by atoms with E-state index in [0.717, 1.165) is 30.9 Å². The van der Waals surface area contributed by atoms with Gasteiger partial charge in [0.25, 0.3) is 0 Å². The molecule has 3 rings (SSSR count). The first-order valence-corrected chi connectivity index (χ1v) is 8.38. The topological polar surface area (TPSA) is 60.0 Å². The molecule has 2 aliphatic heterocycles. The molecular formula is C16H29N5. The molecular weight excluding hydrogens is 262 g/mol. The summed E-state index contributed by atoms with van der Waals surface area (Å²) in [6, 6.07) is 1.73. The van der Waals surface area contributed by atoms with Crippen LogP contribution in [0.25, 0.3) is 0 Å². The zero-order valence-electron chi connectivity index (χ0n) is 13.6. The Kier molecular flexibility index (Phi) is 4.31. The average Bonchev–Trinajstić information content (AvgIpc) is 2.90. The minimum Gasteiger partial charge on any atom is -0.327 e. The molecule has 2 bridgehead atoms. The molecule has 0 spiro atoms. The fourth-order valence-electron chi connectivity index (χ4n) is 4.13. The lowest BCUT2D eigenvalue weighted by Gasteiger charge is -2.38. The van der Waals surface area contributed by atoms with Crippen LogP contribution in [0.3, 0.4) is 0 Å². The Morgan fingerprint density at radius 1 is 1.29 bits per heavy atom. The summed E-state index contributed by atoms with van der Waals surface area (Å²) in [5.41, 5.74) is 6.54. The highest BCUT2D eigenvalue weighted by molar-refractivity contribution is 4.99. The molecule has 2 fully saturated rings. The molecule has 0 amide bonds. The molecule has 5 nitrogen and oxygen atoms in total. The molecule has 3 heterocycles. The van der Waals surface area contributed by atoms with Crippen LogP contribution in [0.2, 0.25) is 0 Å². The number of rotatable bonds is 5. The van der Waals surface area contributed by atoms with Gasteiger partial charge < -0.3 is 10.6 Å². The van der Waals surface area contributed by atoms with Gasteiger partial charge in [-0.2, -0.15) is 5.10 Å². The first-order chi connectivity index (χ1) is 10.0. The molecule has 3 unspecified atom stereocenters. The van der Waals surface area contributed by atoms with Gasteiger partial charge in [0.2, 0.25) is 0 Å². The molecule has 5 heteroatoms. The molecule has 21 heavy (non-hydrogen) atoms. The van der Waals surface area contributed by atoms with E-state index in [2.05, 4.69) is 35.9 Å². The fraction of sp³-hybridized carbons (Fsp3) is 0.875. The molecule has 2 saturated heterocycles. The standard InChI is InChI=1S/C16H29N5/c1-11(2)9-21-16(18-10-19-21)8-15(17)12-6-13-4-5-14(7-12)20(13)3/h10-15H,4-9,17H2,1-3H3. The van der Waals surface area contributed by atoms with Crippen LogP contribution in [0.4, 0.5) is 0 Å². The zero-order valence-corrected chi connectivity index (χ0v) is 13.6. The van der Waals surface area contributed by atoms with Gasteiger partial charge in [0, 0.05) is 31.1 Å². The van der Waals surface area contributed by atoms with Gasteiger partial charge in [0.15, 0.2) is 0 Å². The van der Waals surface area contributed by atoms with Gasteiger partial charge in [0.05, 0.1) is 0 Å². The fourth-order valence-corrected chi connectivity index (χ4v) is 4.13. The molecule has 1 aromatic heterocycles. The summed E-state index contributed by atoms with van der Waals surface area (Å²) in [6.07, 6.45) is 7.75. The molecule has 0 saturated carbocycles. The average molecular weight is 291 g/mol. The minimum absolute atomic E-state index is 0.219. The van der Waals surface area contributed by atoms with Crippen LogP contribution < -0.4 is 5.73 Å². The SMILES string of the molecule is CC(C)Cn1ncnc1CC(N)C1CC2CCC(C1)N2C. The van der Waals surface area contributed by atoms with E-state index < -0.39 is 0 Å². The summed E-state index contributed by atoms with van der Waals surface area (Å²) < 4.78 is 2.04. The van der Waals surface area contributed by atoms with Crippen LogP contribution in [0.1, 0.15) is 45.4 Å². The number of aromatic nitrogens is 3. The molecule has 0 aliphatic carbocycles. The number of hydrogen-bond donors (Lipinski definition) is 1. The van der Waals surface area contributed by atoms with E-state index in [-0.39, 0.29) is 6.04 Å². The maximum atomic E-state index is 6.54. The van der Waals surface area contributed by atoms with Gasteiger partial charge in [0.1, 0.15) is 12.2 Å². The Bertz CT molecular complexity index is 455. The van der Waals surface area contributed by atoms with Crippen molar-refractivity contribution in [3.8, 4) is 0 Å². The van der Waals surface area contributed by atoms with E-state index in [9.17, 15) is 0 Å². The molecule has 2 aliphatic rings. The van der Waals surface area contributed by atoms with E-state index in [0.29, 0.717) is 11.8 Å².